The Hall–Kier alpha value is -3.60. The molecular weight excluding hydrogens is 458 g/mol. The topological polar surface area (TPSA) is 123 Å². The molecule has 0 aromatic carbocycles. The molecular formula is C23H23N5O5S. The summed E-state index contributed by atoms with van der Waals surface area (Å²) in [5, 5.41) is 5.33. The number of nitrogens with zero attached hydrogens (tertiary/aromatic N) is 4. The summed E-state index contributed by atoms with van der Waals surface area (Å²) in [6.07, 6.45) is 6.48. The molecule has 1 N–H and O–H groups in total. The van der Waals surface area contributed by atoms with E-state index in [0.29, 0.717) is 48.9 Å². The zero-order chi connectivity index (χ0) is 23.7. The average Bonchev–Trinajstić information content (AvgIpc) is 3.25. The quantitative estimate of drug-likeness (QED) is 0.511. The van der Waals surface area contributed by atoms with E-state index in [2.05, 4.69) is 15.3 Å². The van der Waals surface area contributed by atoms with Gasteiger partial charge in [0.05, 0.1) is 12.2 Å². The lowest BCUT2D eigenvalue weighted by Crippen LogP contribution is -2.41. The van der Waals surface area contributed by atoms with Gasteiger partial charge in [-0.25, -0.2) is 9.97 Å². The van der Waals surface area contributed by atoms with Crippen molar-refractivity contribution in [3.05, 3.63) is 50.9 Å². The second-order valence-electron chi connectivity index (χ2n) is 8.52. The van der Waals surface area contributed by atoms with Crippen molar-refractivity contribution in [2.24, 2.45) is 0 Å². The zero-order valence-corrected chi connectivity index (χ0v) is 19.1. The van der Waals surface area contributed by atoms with Gasteiger partial charge < -0.3 is 9.64 Å². The van der Waals surface area contributed by atoms with Crippen LogP contribution in [0.1, 0.15) is 64.4 Å². The number of nitrogens with one attached hydrogen (secondary N) is 1. The number of rotatable bonds is 7. The van der Waals surface area contributed by atoms with Crippen LogP contribution in [0.25, 0.3) is 5.65 Å². The first-order chi connectivity index (χ1) is 16.6. The van der Waals surface area contributed by atoms with Crippen LogP contribution in [0, 0.1) is 0 Å². The van der Waals surface area contributed by atoms with Gasteiger partial charge in [0.25, 0.3) is 17.9 Å². The van der Waals surface area contributed by atoms with Crippen LogP contribution in [0.15, 0.2) is 28.5 Å². The second kappa shape index (κ2) is 9.34. The number of carbonyl (C=O) groups excluding carboxylic acids is 3. The fraction of sp³-hybridized carbons (Fsp3) is 0.391. The molecule has 1 amide bonds. The summed E-state index contributed by atoms with van der Waals surface area (Å²) in [6.45, 7) is 1.30. The highest BCUT2D eigenvalue weighted by molar-refractivity contribution is 7.14. The SMILES string of the molecule is O=COC1CCCN(c2nc3cc(C(=O)Nc4nc(C5CCC5)cs4)ccn3c(=O)c2C=O)C1. The van der Waals surface area contributed by atoms with Crippen LogP contribution in [0.3, 0.4) is 0 Å². The summed E-state index contributed by atoms with van der Waals surface area (Å²) in [5.41, 5.74) is 0.977. The third-order valence-electron chi connectivity index (χ3n) is 6.42. The van der Waals surface area contributed by atoms with Crippen LogP contribution in [0.4, 0.5) is 10.9 Å². The minimum absolute atomic E-state index is 0.0761. The predicted molar refractivity (Wildman–Crippen MR) is 126 cm³/mol. The normalized spacial score (nSPS) is 18.4. The van der Waals surface area contributed by atoms with Gasteiger partial charge in [-0.15, -0.1) is 11.3 Å². The van der Waals surface area contributed by atoms with E-state index in [1.54, 1.807) is 4.90 Å². The minimum Gasteiger partial charge on any atom is -0.463 e. The lowest BCUT2D eigenvalue weighted by molar-refractivity contribution is -0.133. The number of amides is 1. The second-order valence-corrected chi connectivity index (χ2v) is 9.38. The largest absolute Gasteiger partial charge is 0.463 e. The minimum atomic E-state index is -0.523. The molecule has 34 heavy (non-hydrogen) atoms. The van der Waals surface area contributed by atoms with Crippen molar-refractivity contribution >= 4 is 46.6 Å². The summed E-state index contributed by atoms with van der Waals surface area (Å²) in [4.78, 5) is 59.2. The third kappa shape index (κ3) is 4.18. The fourth-order valence-electron chi connectivity index (χ4n) is 4.35. The number of hydrogen-bond donors (Lipinski definition) is 1. The van der Waals surface area contributed by atoms with Gasteiger partial charge in [-0.3, -0.25) is 28.9 Å². The van der Waals surface area contributed by atoms with Crippen LogP contribution in [0.2, 0.25) is 0 Å². The number of carbonyl (C=O) groups is 3. The van der Waals surface area contributed by atoms with E-state index in [-0.39, 0.29) is 29.0 Å². The maximum Gasteiger partial charge on any atom is 0.293 e. The lowest BCUT2D eigenvalue weighted by Gasteiger charge is -2.32. The highest BCUT2D eigenvalue weighted by Crippen LogP contribution is 2.37. The maximum absolute atomic E-state index is 13.0. The molecule has 0 spiro atoms. The zero-order valence-electron chi connectivity index (χ0n) is 18.3. The van der Waals surface area contributed by atoms with Crippen molar-refractivity contribution in [3.63, 3.8) is 0 Å². The summed E-state index contributed by atoms with van der Waals surface area (Å²) in [6, 6.07) is 3.02. The Kier molecular flexibility index (Phi) is 6.10. The summed E-state index contributed by atoms with van der Waals surface area (Å²) in [7, 11) is 0. The van der Waals surface area contributed by atoms with Crippen LogP contribution in [0.5, 0.6) is 0 Å². The first kappa shape index (κ1) is 22.2. The van der Waals surface area contributed by atoms with Gasteiger partial charge in [0.2, 0.25) is 0 Å². The first-order valence-electron chi connectivity index (χ1n) is 11.2. The number of thiazole rings is 1. The van der Waals surface area contributed by atoms with E-state index < -0.39 is 5.56 Å². The summed E-state index contributed by atoms with van der Waals surface area (Å²) < 4.78 is 6.32. The Balaban J connectivity index is 1.44. The Morgan fingerprint density at radius 1 is 1.21 bits per heavy atom. The molecule has 4 heterocycles. The van der Waals surface area contributed by atoms with Gasteiger partial charge >= 0.3 is 0 Å². The van der Waals surface area contributed by atoms with E-state index in [1.165, 1.54) is 40.5 Å². The average molecular weight is 482 g/mol. The Bertz CT molecular complexity index is 1310. The van der Waals surface area contributed by atoms with Gasteiger partial charge in [-0.1, -0.05) is 6.42 Å². The molecule has 1 aliphatic heterocycles. The molecule has 11 heteroatoms. The molecule has 1 atom stereocenters. The van der Waals surface area contributed by atoms with Gasteiger partial charge in [-0.2, -0.15) is 0 Å². The van der Waals surface area contributed by atoms with Gasteiger partial charge in [-0.05, 0) is 37.8 Å². The van der Waals surface area contributed by atoms with Crippen molar-refractivity contribution in [1.82, 2.24) is 14.4 Å². The number of hydrogen-bond acceptors (Lipinski definition) is 9. The van der Waals surface area contributed by atoms with Crippen molar-refractivity contribution in [2.45, 2.75) is 44.1 Å². The van der Waals surface area contributed by atoms with Crippen molar-refractivity contribution in [2.75, 3.05) is 23.3 Å². The monoisotopic (exact) mass is 481 g/mol. The Morgan fingerprint density at radius 3 is 2.79 bits per heavy atom. The molecule has 2 fully saturated rings. The molecule has 2 aliphatic rings. The van der Waals surface area contributed by atoms with Gasteiger partial charge in [0, 0.05) is 29.6 Å². The standard InChI is InChI=1S/C23H23N5O5S/c29-11-17-20(27-7-2-5-16(10-27)33-13-30)25-19-9-15(6-8-28(19)22(17)32)21(31)26-23-24-18(12-34-23)14-3-1-4-14/h6,8-9,11-14,16H,1-5,7,10H2,(H,24,26,31). The Morgan fingerprint density at radius 2 is 2.06 bits per heavy atom. The molecule has 1 saturated heterocycles. The maximum atomic E-state index is 13.0. The smallest absolute Gasteiger partial charge is 0.293 e. The molecule has 1 unspecified atom stereocenters. The Labute approximate surface area is 198 Å². The fourth-order valence-corrected chi connectivity index (χ4v) is 5.14. The van der Waals surface area contributed by atoms with E-state index in [4.69, 9.17) is 4.74 Å². The molecule has 3 aromatic rings. The van der Waals surface area contributed by atoms with Crippen LogP contribution in [-0.4, -0.2) is 52.2 Å². The molecule has 1 saturated carbocycles. The molecule has 3 aromatic heterocycles. The van der Waals surface area contributed by atoms with Crippen molar-refractivity contribution in [1.29, 1.82) is 0 Å². The van der Waals surface area contributed by atoms with Crippen LogP contribution in [-0.2, 0) is 9.53 Å². The molecule has 10 nitrogen and oxygen atoms in total. The van der Waals surface area contributed by atoms with Gasteiger partial charge in [0.1, 0.15) is 23.1 Å². The predicted octanol–water partition coefficient (Wildman–Crippen LogP) is 2.63. The number of anilines is 2. The van der Waals surface area contributed by atoms with E-state index in [9.17, 15) is 19.2 Å². The number of fused-ring (bicyclic) bond motifs is 1. The van der Waals surface area contributed by atoms with Crippen LogP contribution >= 0.6 is 11.3 Å². The van der Waals surface area contributed by atoms with E-state index in [0.717, 1.165) is 25.0 Å². The molecule has 5 rings (SSSR count). The number of ether oxygens (including phenoxy) is 1. The van der Waals surface area contributed by atoms with Crippen molar-refractivity contribution < 1.29 is 19.1 Å². The van der Waals surface area contributed by atoms with E-state index >= 15 is 0 Å². The number of aldehydes is 1. The molecule has 1 aliphatic carbocycles. The molecule has 0 radical (unpaired) electrons. The van der Waals surface area contributed by atoms with Crippen LogP contribution < -0.4 is 15.8 Å². The number of piperidine rings is 1. The molecule has 0 bridgehead atoms. The van der Waals surface area contributed by atoms with Gasteiger partial charge in [0.15, 0.2) is 11.4 Å². The van der Waals surface area contributed by atoms with Crippen molar-refractivity contribution in [3.8, 4) is 0 Å². The van der Waals surface area contributed by atoms with E-state index in [1.807, 2.05) is 5.38 Å². The summed E-state index contributed by atoms with van der Waals surface area (Å²) in [5.74, 6) is 0.349. The highest BCUT2D eigenvalue weighted by atomic mass is 32.1. The lowest BCUT2D eigenvalue weighted by atomic mass is 9.83. The number of aromatic nitrogens is 3. The number of pyridine rings is 1. The summed E-state index contributed by atoms with van der Waals surface area (Å²) >= 11 is 1.39. The highest BCUT2D eigenvalue weighted by Gasteiger charge is 2.26. The third-order valence-corrected chi connectivity index (χ3v) is 7.19. The first-order valence-corrected chi connectivity index (χ1v) is 12.1. The molecule has 176 valence electrons.